The van der Waals surface area contributed by atoms with Gasteiger partial charge in [0, 0.05) is 17.0 Å². The van der Waals surface area contributed by atoms with Gasteiger partial charge in [-0.15, -0.1) is 0 Å². The predicted octanol–water partition coefficient (Wildman–Crippen LogP) is 5.11. The van der Waals surface area contributed by atoms with Crippen molar-refractivity contribution in [3.63, 3.8) is 0 Å². The lowest BCUT2D eigenvalue weighted by Gasteiger charge is -2.16. The first-order chi connectivity index (χ1) is 17.7. The number of halogens is 1. The Kier molecular flexibility index (Phi) is 10.3. The smallest absolute Gasteiger partial charge is 0.276 e. The molecule has 9 heteroatoms. The van der Waals surface area contributed by atoms with Crippen LogP contribution < -0.4 is 25.6 Å². The van der Waals surface area contributed by atoms with Gasteiger partial charge in [-0.25, -0.2) is 0 Å². The van der Waals surface area contributed by atoms with E-state index in [-0.39, 0.29) is 17.6 Å². The summed E-state index contributed by atoms with van der Waals surface area (Å²) in [7, 11) is 0. The van der Waals surface area contributed by atoms with E-state index in [2.05, 4.69) is 16.2 Å². The molecule has 0 saturated carbocycles. The molecule has 0 aliphatic heterocycles. The van der Waals surface area contributed by atoms with Crippen LogP contribution in [0.2, 0.25) is 5.02 Å². The Morgan fingerprint density at radius 2 is 1.68 bits per heavy atom. The monoisotopic (exact) mass is 539 g/mol. The minimum Gasteiger partial charge on any atom is -0.493 e. The van der Waals surface area contributed by atoms with Crippen LogP contribution in [0.25, 0.3) is 0 Å². The third kappa shape index (κ3) is 8.77. The molecule has 0 aromatic heterocycles. The maximum atomic E-state index is 12.5. The Morgan fingerprint density at radius 3 is 2.35 bits per heavy atom. The molecule has 0 aliphatic carbocycles. The Bertz CT molecular complexity index is 1230. The molecule has 0 aliphatic rings. The Morgan fingerprint density at radius 1 is 0.973 bits per heavy atom. The van der Waals surface area contributed by atoms with E-state index in [1.54, 1.807) is 24.3 Å². The number of carbonyl (C=O) groups is 2. The summed E-state index contributed by atoms with van der Waals surface area (Å²) in [6.07, 6.45) is 0.790. The summed E-state index contributed by atoms with van der Waals surface area (Å²) >= 11 is 11.3. The van der Waals surface area contributed by atoms with E-state index >= 15 is 0 Å². The number of aryl methyl sites for hydroxylation is 1. The zero-order valence-electron chi connectivity index (χ0n) is 21.0. The van der Waals surface area contributed by atoms with Crippen LogP contribution in [0.15, 0.2) is 66.7 Å². The zero-order valence-corrected chi connectivity index (χ0v) is 22.5. The van der Waals surface area contributed by atoms with Crippen LogP contribution in [0.4, 0.5) is 0 Å². The van der Waals surface area contributed by atoms with E-state index in [9.17, 15) is 9.59 Å². The Balaban J connectivity index is 1.40. The van der Waals surface area contributed by atoms with Crippen molar-refractivity contribution >= 4 is 40.7 Å². The maximum Gasteiger partial charge on any atom is 0.276 e. The van der Waals surface area contributed by atoms with Gasteiger partial charge in [-0.3, -0.25) is 25.8 Å². The van der Waals surface area contributed by atoms with Crippen molar-refractivity contribution in [2.45, 2.75) is 33.1 Å². The quantitative estimate of drug-likeness (QED) is 0.259. The molecule has 3 N–H and O–H groups in total. The molecule has 0 saturated heterocycles. The van der Waals surface area contributed by atoms with E-state index < -0.39 is 11.8 Å². The normalized spacial score (nSPS) is 10.5. The highest BCUT2D eigenvalue weighted by Crippen LogP contribution is 2.31. The number of nitrogens with one attached hydrogen (secondary N) is 3. The minimum atomic E-state index is -0.462. The zero-order chi connectivity index (χ0) is 26.8. The second-order valence-electron chi connectivity index (χ2n) is 8.65. The average molecular weight is 540 g/mol. The number of ether oxygens (including phenoxy) is 2. The highest BCUT2D eigenvalue weighted by Gasteiger charge is 2.13. The summed E-state index contributed by atoms with van der Waals surface area (Å²) in [5.41, 5.74) is 8.28. The number of thiocarbonyl (C=S) groups is 1. The molecule has 0 atom stereocenters. The Labute approximate surface area is 227 Å². The summed E-state index contributed by atoms with van der Waals surface area (Å²) in [5.74, 6) is 0.548. The van der Waals surface area contributed by atoms with E-state index in [1.807, 2.05) is 63.2 Å². The van der Waals surface area contributed by atoms with Crippen LogP contribution in [0.3, 0.4) is 0 Å². The van der Waals surface area contributed by atoms with Crippen molar-refractivity contribution in [2.75, 3.05) is 13.2 Å². The van der Waals surface area contributed by atoms with Crippen LogP contribution in [0, 0.1) is 6.92 Å². The highest BCUT2D eigenvalue weighted by molar-refractivity contribution is 7.80. The second kappa shape index (κ2) is 13.6. The van der Waals surface area contributed by atoms with E-state index in [1.165, 1.54) is 5.56 Å². The number of hydrogen-bond acceptors (Lipinski definition) is 5. The lowest BCUT2D eigenvalue weighted by atomic mass is 10.0. The molecule has 37 heavy (non-hydrogen) atoms. The molecule has 0 unspecified atom stereocenters. The summed E-state index contributed by atoms with van der Waals surface area (Å²) in [4.78, 5) is 24.7. The van der Waals surface area contributed by atoms with Gasteiger partial charge in [0.1, 0.15) is 11.5 Å². The molecule has 2 amide bonds. The summed E-state index contributed by atoms with van der Waals surface area (Å²) in [6, 6.07) is 20.4. The molecule has 3 aromatic carbocycles. The van der Waals surface area contributed by atoms with Crippen LogP contribution in [0.5, 0.6) is 11.5 Å². The summed E-state index contributed by atoms with van der Waals surface area (Å²) in [6.45, 7) is 6.19. The summed E-state index contributed by atoms with van der Waals surface area (Å²) in [5, 5.41) is 3.12. The molecule has 3 rings (SSSR count). The molecule has 194 valence electrons. The minimum absolute atomic E-state index is 0.0493. The van der Waals surface area contributed by atoms with E-state index in [4.69, 9.17) is 33.3 Å². The van der Waals surface area contributed by atoms with Crippen LogP contribution in [0.1, 0.15) is 46.8 Å². The largest absolute Gasteiger partial charge is 0.493 e. The van der Waals surface area contributed by atoms with Crippen molar-refractivity contribution in [2.24, 2.45) is 0 Å². The highest BCUT2D eigenvalue weighted by atomic mass is 35.5. The standard InChI is InChI=1S/C28H30ClN3O4S/c1-18(2)23-16-24(29)19(3)15-25(23)36-17-26(33)31-32-28(37)30-27(34)21-9-11-22(12-10-21)35-14-13-20-7-5-4-6-8-20/h4-12,15-16,18H,13-14,17H2,1-3H3,(H,31,33)(H2,30,32,34,37). The van der Waals surface area contributed by atoms with Gasteiger partial charge in [0.15, 0.2) is 11.7 Å². The van der Waals surface area contributed by atoms with Gasteiger partial charge in [0.2, 0.25) is 0 Å². The van der Waals surface area contributed by atoms with Crippen molar-refractivity contribution < 1.29 is 19.1 Å². The Hall–Kier alpha value is -3.62. The van der Waals surface area contributed by atoms with Gasteiger partial charge >= 0.3 is 0 Å². The van der Waals surface area contributed by atoms with Crippen molar-refractivity contribution in [3.05, 3.63) is 94.0 Å². The molecule has 0 spiro atoms. The number of carbonyl (C=O) groups excluding carboxylic acids is 2. The number of benzene rings is 3. The van der Waals surface area contributed by atoms with Crippen LogP contribution in [-0.2, 0) is 11.2 Å². The van der Waals surface area contributed by atoms with Crippen molar-refractivity contribution in [1.29, 1.82) is 0 Å². The number of rotatable bonds is 9. The first-order valence-electron chi connectivity index (χ1n) is 11.8. The molecule has 0 bridgehead atoms. The maximum absolute atomic E-state index is 12.5. The van der Waals surface area contributed by atoms with Gasteiger partial charge in [-0.1, -0.05) is 55.8 Å². The number of hydrazine groups is 1. The molecule has 7 nitrogen and oxygen atoms in total. The van der Waals surface area contributed by atoms with Crippen LogP contribution in [-0.4, -0.2) is 30.1 Å². The third-order valence-corrected chi connectivity index (χ3v) is 6.04. The fraction of sp³-hybridized carbons (Fsp3) is 0.250. The summed E-state index contributed by atoms with van der Waals surface area (Å²) < 4.78 is 11.4. The molecule has 0 radical (unpaired) electrons. The van der Waals surface area contributed by atoms with E-state index in [0.717, 1.165) is 17.5 Å². The number of hydrogen-bond donors (Lipinski definition) is 3. The van der Waals surface area contributed by atoms with Crippen molar-refractivity contribution in [1.82, 2.24) is 16.2 Å². The van der Waals surface area contributed by atoms with Gasteiger partial charge in [-0.05, 0) is 78.1 Å². The van der Waals surface area contributed by atoms with Gasteiger partial charge < -0.3 is 9.47 Å². The number of amides is 2. The molecular weight excluding hydrogens is 510 g/mol. The topological polar surface area (TPSA) is 88.7 Å². The van der Waals surface area contributed by atoms with Gasteiger partial charge in [0.05, 0.1) is 6.61 Å². The first kappa shape index (κ1) is 28.0. The lowest BCUT2D eigenvalue weighted by molar-refractivity contribution is -0.123. The molecule has 0 heterocycles. The SMILES string of the molecule is Cc1cc(OCC(=O)NNC(=S)NC(=O)c2ccc(OCCc3ccccc3)cc2)c(C(C)C)cc1Cl. The van der Waals surface area contributed by atoms with Gasteiger partial charge in [0.25, 0.3) is 11.8 Å². The first-order valence-corrected chi connectivity index (χ1v) is 12.6. The third-order valence-electron chi connectivity index (χ3n) is 5.43. The molecule has 3 aromatic rings. The second-order valence-corrected chi connectivity index (χ2v) is 9.46. The van der Waals surface area contributed by atoms with Crippen LogP contribution >= 0.6 is 23.8 Å². The average Bonchev–Trinajstić information content (AvgIpc) is 2.88. The molecular formula is C28H30ClN3O4S. The van der Waals surface area contributed by atoms with Gasteiger partial charge in [-0.2, -0.15) is 0 Å². The fourth-order valence-electron chi connectivity index (χ4n) is 3.39. The molecule has 0 fully saturated rings. The fourth-order valence-corrected chi connectivity index (χ4v) is 3.71. The lowest BCUT2D eigenvalue weighted by Crippen LogP contribution is -2.49. The predicted molar refractivity (Wildman–Crippen MR) is 149 cm³/mol. The van der Waals surface area contributed by atoms with Crippen molar-refractivity contribution in [3.8, 4) is 11.5 Å². The van der Waals surface area contributed by atoms with E-state index in [0.29, 0.717) is 28.7 Å².